The van der Waals surface area contributed by atoms with Crippen molar-refractivity contribution in [2.24, 2.45) is 4.99 Å². The van der Waals surface area contributed by atoms with E-state index in [9.17, 15) is 8.42 Å². The molecule has 0 aromatic heterocycles. The zero-order valence-electron chi connectivity index (χ0n) is 17.7. The molecule has 1 aromatic carbocycles. The molecule has 0 spiro atoms. The lowest BCUT2D eigenvalue weighted by atomic mass is 10.1. The maximum Gasteiger partial charge on any atom is 0.213 e. The average molecular weight is 411 g/mol. The molecule has 2 N–H and O–H groups in total. The number of nitrogens with one attached hydrogen (secondary N) is 2. The predicted molar refractivity (Wildman–Crippen MR) is 114 cm³/mol. The van der Waals surface area contributed by atoms with Crippen LogP contribution in [0.15, 0.2) is 29.3 Å². The van der Waals surface area contributed by atoms with Gasteiger partial charge in [-0.1, -0.05) is 18.2 Å². The highest BCUT2D eigenvalue weighted by Crippen LogP contribution is 2.23. The summed E-state index contributed by atoms with van der Waals surface area (Å²) in [6.07, 6.45) is 1.54. The lowest BCUT2D eigenvalue weighted by Crippen LogP contribution is -2.49. The second-order valence-electron chi connectivity index (χ2n) is 7.97. The molecule has 0 radical (unpaired) electrons. The van der Waals surface area contributed by atoms with Gasteiger partial charge in [-0.05, 0) is 46.6 Å². The summed E-state index contributed by atoms with van der Waals surface area (Å²) in [7, 11) is -1.36. The van der Waals surface area contributed by atoms with Crippen molar-refractivity contribution in [1.29, 1.82) is 0 Å². The van der Waals surface area contributed by atoms with Crippen LogP contribution in [0.2, 0.25) is 0 Å². The van der Waals surface area contributed by atoms with Crippen molar-refractivity contribution in [3.05, 3.63) is 29.8 Å². The molecule has 8 heteroatoms. The van der Waals surface area contributed by atoms with Crippen molar-refractivity contribution in [2.75, 3.05) is 25.9 Å². The standard InChI is InChI=1S/C20H34N4O3S/c1-6-28(25,26)24-13-11-17(12-14-24)23-19(21-5)22-15-16-9-7-8-10-18(16)27-20(2,3)4/h7-10,17H,6,11-15H2,1-5H3,(H2,21,22,23). The van der Waals surface area contributed by atoms with E-state index in [1.54, 1.807) is 18.3 Å². The molecular weight excluding hydrogens is 376 g/mol. The number of sulfonamides is 1. The van der Waals surface area contributed by atoms with Gasteiger partial charge in [0.2, 0.25) is 10.0 Å². The second kappa shape index (κ2) is 9.60. The Kier molecular flexibility index (Phi) is 7.71. The molecule has 0 unspecified atom stereocenters. The third-order valence-electron chi connectivity index (χ3n) is 4.61. The lowest BCUT2D eigenvalue weighted by molar-refractivity contribution is 0.129. The summed E-state index contributed by atoms with van der Waals surface area (Å²) >= 11 is 0. The quantitative estimate of drug-likeness (QED) is 0.556. The monoisotopic (exact) mass is 410 g/mol. The number of rotatable bonds is 6. The second-order valence-corrected chi connectivity index (χ2v) is 10.2. The van der Waals surface area contributed by atoms with Gasteiger partial charge in [0, 0.05) is 38.3 Å². The smallest absolute Gasteiger partial charge is 0.213 e. The fourth-order valence-electron chi connectivity index (χ4n) is 3.11. The summed E-state index contributed by atoms with van der Waals surface area (Å²) in [5, 5.41) is 6.75. The molecule has 1 aromatic rings. The third kappa shape index (κ3) is 6.67. The van der Waals surface area contributed by atoms with E-state index in [0.29, 0.717) is 25.6 Å². The Morgan fingerprint density at radius 1 is 1.25 bits per heavy atom. The van der Waals surface area contributed by atoms with Crippen LogP contribution >= 0.6 is 0 Å². The lowest BCUT2D eigenvalue weighted by Gasteiger charge is -2.32. The number of aliphatic imine (C=N–C) groups is 1. The highest BCUT2D eigenvalue weighted by Gasteiger charge is 2.27. The molecule has 7 nitrogen and oxygen atoms in total. The number of piperidine rings is 1. The van der Waals surface area contributed by atoms with Crippen molar-refractivity contribution in [2.45, 2.75) is 58.7 Å². The molecule has 1 aliphatic heterocycles. The van der Waals surface area contributed by atoms with Gasteiger partial charge in [-0.2, -0.15) is 0 Å². The molecular formula is C20H34N4O3S. The summed E-state index contributed by atoms with van der Waals surface area (Å²) in [6.45, 7) is 9.47. The van der Waals surface area contributed by atoms with E-state index in [1.807, 2.05) is 45.0 Å². The minimum Gasteiger partial charge on any atom is -0.488 e. The molecule has 1 aliphatic rings. The third-order valence-corrected chi connectivity index (χ3v) is 6.49. The fraction of sp³-hybridized carbons (Fsp3) is 0.650. The Bertz CT molecular complexity index is 764. The largest absolute Gasteiger partial charge is 0.488 e. The molecule has 0 amide bonds. The van der Waals surface area contributed by atoms with E-state index in [1.165, 1.54) is 0 Å². The van der Waals surface area contributed by atoms with E-state index < -0.39 is 10.0 Å². The van der Waals surface area contributed by atoms with Gasteiger partial charge >= 0.3 is 0 Å². The van der Waals surface area contributed by atoms with Gasteiger partial charge in [0.25, 0.3) is 0 Å². The van der Waals surface area contributed by atoms with E-state index in [0.717, 1.165) is 24.2 Å². The Morgan fingerprint density at radius 3 is 2.46 bits per heavy atom. The van der Waals surface area contributed by atoms with Gasteiger partial charge in [-0.3, -0.25) is 4.99 Å². The first kappa shape index (κ1) is 22.5. The highest BCUT2D eigenvalue weighted by molar-refractivity contribution is 7.89. The van der Waals surface area contributed by atoms with Crippen LogP contribution in [-0.4, -0.2) is 56.2 Å². The number of benzene rings is 1. The summed E-state index contributed by atoms with van der Waals surface area (Å²) in [4.78, 5) is 4.31. The van der Waals surface area contributed by atoms with Gasteiger partial charge < -0.3 is 15.4 Å². The number of para-hydroxylation sites is 1. The fourth-order valence-corrected chi connectivity index (χ4v) is 4.24. The molecule has 28 heavy (non-hydrogen) atoms. The molecule has 158 valence electrons. The number of hydrogen-bond acceptors (Lipinski definition) is 4. The topological polar surface area (TPSA) is 83.0 Å². The van der Waals surface area contributed by atoms with Crippen molar-refractivity contribution in [3.63, 3.8) is 0 Å². The first-order chi connectivity index (χ1) is 13.1. The average Bonchev–Trinajstić information content (AvgIpc) is 2.65. The van der Waals surface area contributed by atoms with Crippen LogP contribution in [0.5, 0.6) is 5.75 Å². The molecule has 0 bridgehead atoms. The SMILES string of the molecule is CCS(=O)(=O)N1CCC(NC(=NC)NCc2ccccc2OC(C)(C)C)CC1. The summed E-state index contributed by atoms with van der Waals surface area (Å²) in [5.74, 6) is 1.73. The van der Waals surface area contributed by atoms with Gasteiger partial charge in [0.15, 0.2) is 5.96 Å². The van der Waals surface area contributed by atoms with Crippen LogP contribution < -0.4 is 15.4 Å². The maximum atomic E-state index is 12.0. The summed E-state index contributed by atoms with van der Waals surface area (Å²) in [5.41, 5.74) is 0.798. The van der Waals surface area contributed by atoms with Gasteiger partial charge in [0.1, 0.15) is 11.4 Å². The first-order valence-corrected chi connectivity index (χ1v) is 11.5. The molecule has 0 aliphatic carbocycles. The predicted octanol–water partition coefficient (Wildman–Crippen LogP) is 2.34. The van der Waals surface area contributed by atoms with Crippen LogP contribution in [0.25, 0.3) is 0 Å². The number of nitrogens with zero attached hydrogens (tertiary/aromatic N) is 2. The highest BCUT2D eigenvalue weighted by atomic mass is 32.2. The minimum absolute atomic E-state index is 0.157. The van der Waals surface area contributed by atoms with Crippen LogP contribution in [0.4, 0.5) is 0 Å². The zero-order chi connectivity index (χ0) is 20.8. The Hall–Kier alpha value is -1.80. The molecule has 0 saturated carbocycles. The van der Waals surface area contributed by atoms with Crippen LogP contribution in [-0.2, 0) is 16.6 Å². The van der Waals surface area contributed by atoms with Crippen molar-refractivity contribution < 1.29 is 13.2 Å². The van der Waals surface area contributed by atoms with E-state index >= 15 is 0 Å². The van der Waals surface area contributed by atoms with E-state index in [2.05, 4.69) is 15.6 Å². The molecule has 1 fully saturated rings. The zero-order valence-corrected chi connectivity index (χ0v) is 18.5. The molecule has 1 heterocycles. The normalized spacial score (nSPS) is 17.4. The number of ether oxygens (including phenoxy) is 1. The Morgan fingerprint density at radius 2 is 1.89 bits per heavy atom. The molecule has 2 rings (SSSR count). The van der Waals surface area contributed by atoms with Crippen LogP contribution in [0.3, 0.4) is 0 Å². The number of hydrogen-bond donors (Lipinski definition) is 2. The van der Waals surface area contributed by atoms with Crippen molar-refractivity contribution in [3.8, 4) is 5.75 Å². The minimum atomic E-state index is -3.10. The first-order valence-electron chi connectivity index (χ1n) is 9.86. The van der Waals surface area contributed by atoms with E-state index in [4.69, 9.17) is 4.74 Å². The molecule has 1 saturated heterocycles. The van der Waals surface area contributed by atoms with Gasteiger partial charge in [0.05, 0.1) is 5.75 Å². The van der Waals surface area contributed by atoms with Gasteiger partial charge in [-0.15, -0.1) is 0 Å². The Labute approximate surface area is 169 Å². The van der Waals surface area contributed by atoms with Crippen LogP contribution in [0, 0.1) is 0 Å². The Balaban J connectivity index is 1.90. The maximum absolute atomic E-state index is 12.0. The van der Waals surface area contributed by atoms with Gasteiger partial charge in [-0.25, -0.2) is 12.7 Å². The van der Waals surface area contributed by atoms with Crippen molar-refractivity contribution in [1.82, 2.24) is 14.9 Å². The van der Waals surface area contributed by atoms with Crippen LogP contribution in [0.1, 0.15) is 46.1 Å². The molecule has 0 atom stereocenters. The number of guanidine groups is 1. The van der Waals surface area contributed by atoms with E-state index in [-0.39, 0.29) is 17.4 Å². The van der Waals surface area contributed by atoms with Crippen molar-refractivity contribution >= 4 is 16.0 Å². The summed E-state index contributed by atoms with van der Waals surface area (Å²) in [6, 6.07) is 8.18. The summed E-state index contributed by atoms with van der Waals surface area (Å²) < 4.78 is 31.6.